The third kappa shape index (κ3) is 3.18. The van der Waals surface area contributed by atoms with E-state index >= 15 is 0 Å². The van der Waals surface area contributed by atoms with Crippen molar-refractivity contribution < 1.29 is 4.79 Å². The van der Waals surface area contributed by atoms with Gasteiger partial charge in [-0.05, 0) is 26.7 Å². The Morgan fingerprint density at radius 2 is 2.22 bits per heavy atom. The van der Waals surface area contributed by atoms with E-state index in [2.05, 4.69) is 33.4 Å². The van der Waals surface area contributed by atoms with Crippen molar-refractivity contribution in [2.24, 2.45) is 0 Å². The number of imidazole rings is 1. The van der Waals surface area contributed by atoms with Gasteiger partial charge in [0.1, 0.15) is 11.5 Å². The van der Waals surface area contributed by atoms with Gasteiger partial charge in [0.2, 0.25) is 0 Å². The normalized spacial score (nSPS) is 18.4. The first-order valence-electron chi connectivity index (χ1n) is 7.93. The lowest BCUT2D eigenvalue weighted by Crippen LogP contribution is -2.40. The van der Waals surface area contributed by atoms with E-state index in [0.717, 1.165) is 24.9 Å². The van der Waals surface area contributed by atoms with Crippen molar-refractivity contribution in [2.75, 3.05) is 13.1 Å². The number of piperidine rings is 1. The highest BCUT2D eigenvalue weighted by molar-refractivity contribution is 5.92. The van der Waals surface area contributed by atoms with Crippen LogP contribution in [0, 0.1) is 0 Å². The van der Waals surface area contributed by atoms with Gasteiger partial charge in [0.25, 0.3) is 11.5 Å². The van der Waals surface area contributed by atoms with Gasteiger partial charge in [-0.25, -0.2) is 9.97 Å². The van der Waals surface area contributed by atoms with Crippen molar-refractivity contribution >= 4 is 5.91 Å². The number of hydrogen-bond donors (Lipinski definition) is 1. The summed E-state index contributed by atoms with van der Waals surface area (Å²) >= 11 is 0. The van der Waals surface area contributed by atoms with E-state index in [0.29, 0.717) is 19.1 Å². The summed E-state index contributed by atoms with van der Waals surface area (Å²) in [7, 11) is 0. The molecule has 0 aliphatic carbocycles. The second-order valence-corrected chi connectivity index (χ2v) is 6.17. The number of hydrogen-bond acceptors (Lipinski definition) is 4. The maximum absolute atomic E-state index is 12.6. The quantitative estimate of drug-likeness (QED) is 0.932. The molecule has 1 aliphatic heterocycles. The van der Waals surface area contributed by atoms with Crippen LogP contribution < -0.4 is 5.56 Å². The highest BCUT2D eigenvalue weighted by Gasteiger charge is 2.28. The number of carbonyl (C=O) groups is 1. The third-order valence-corrected chi connectivity index (χ3v) is 4.22. The van der Waals surface area contributed by atoms with Crippen LogP contribution in [0.3, 0.4) is 0 Å². The highest BCUT2D eigenvalue weighted by atomic mass is 16.2. The van der Waals surface area contributed by atoms with E-state index in [-0.39, 0.29) is 23.1 Å². The molecule has 1 N–H and O–H groups in total. The lowest BCUT2D eigenvalue weighted by atomic mass is 9.96. The van der Waals surface area contributed by atoms with Crippen LogP contribution in [0.2, 0.25) is 0 Å². The standard InChI is InChI=1S/C16H21N5O2/c1-11(2)21-7-5-17-15(21)12-4-3-6-20(10-12)16(23)13-8-19-14(22)9-18-13/h5,7-9,11-12H,3-4,6,10H2,1-2H3,(H,19,22). The Morgan fingerprint density at radius 3 is 2.91 bits per heavy atom. The van der Waals surface area contributed by atoms with Crippen molar-refractivity contribution in [3.63, 3.8) is 0 Å². The number of nitrogens with one attached hydrogen (secondary N) is 1. The fourth-order valence-corrected chi connectivity index (χ4v) is 3.07. The fourth-order valence-electron chi connectivity index (χ4n) is 3.07. The Hall–Kier alpha value is -2.44. The summed E-state index contributed by atoms with van der Waals surface area (Å²) in [6.45, 7) is 5.59. The zero-order valence-electron chi connectivity index (χ0n) is 13.4. The lowest BCUT2D eigenvalue weighted by molar-refractivity contribution is 0.0696. The average molecular weight is 315 g/mol. The van der Waals surface area contributed by atoms with Crippen molar-refractivity contribution in [1.29, 1.82) is 0 Å². The first-order valence-corrected chi connectivity index (χ1v) is 7.93. The van der Waals surface area contributed by atoms with E-state index in [1.54, 1.807) is 4.90 Å². The van der Waals surface area contributed by atoms with Gasteiger partial charge in [-0.1, -0.05) is 0 Å². The van der Waals surface area contributed by atoms with E-state index in [1.165, 1.54) is 6.20 Å². The van der Waals surface area contributed by atoms with Crippen molar-refractivity contribution in [3.05, 3.63) is 46.7 Å². The van der Waals surface area contributed by atoms with Gasteiger partial charge in [0.15, 0.2) is 0 Å². The monoisotopic (exact) mass is 315 g/mol. The molecule has 0 radical (unpaired) electrons. The van der Waals surface area contributed by atoms with Gasteiger partial charge in [-0.15, -0.1) is 0 Å². The van der Waals surface area contributed by atoms with Gasteiger partial charge in [-0.2, -0.15) is 0 Å². The van der Waals surface area contributed by atoms with Crippen LogP contribution in [-0.4, -0.2) is 43.4 Å². The smallest absolute Gasteiger partial charge is 0.273 e. The van der Waals surface area contributed by atoms with Gasteiger partial charge in [0, 0.05) is 43.6 Å². The molecule has 122 valence electrons. The summed E-state index contributed by atoms with van der Waals surface area (Å²) in [5, 5.41) is 0. The second-order valence-electron chi connectivity index (χ2n) is 6.17. The molecule has 1 fully saturated rings. The van der Waals surface area contributed by atoms with Gasteiger partial charge in [0.05, 0.1) is 6.20 Å². The average Bonchev–Trinajstić information content (AvgIpc) is 3.05. The van der Waals surface area contributed by atoms with Crippen molar-refractivity contribution in [2.45, 2.75) is 38.6 Å². The summed E-state index contributed by atoms with van der Waals surface area (Å²) in [4.78, 5) is 36.4. The number of likely N-dealkylation sites (tertiary alicyclic amines) is 1. The summed E-state index contributed by atoms with van der Waals surface area (Å²) in [5.74, 6) is 1.12. The maximum Gasteiger partial charge on any atom is 0.273 e. The fraction of sp³-hybridized carbons (Fsp3) is 0.500. The molecule has 0 bridgehead atoms. The van der Waals surface area contributed by atoms with Gasteiger partial charge < -0.3 is 14.5 Å². The van der Waals surface area contributed by atoms with E-state index in [1.807, 2.05) is 12.4 Å². The molecule has 0 spiro atoms. The summed E-state index contributed by atoms with van der Waals surface area (Å²) < 4.78 is 2.16. The molecule has 0 saturated carbocycles. The maximum atomic E-state index is 12.6. The number of rotatable bonds is 3. The van der Waals surface area contributed by atoms with Crippen molar-refractivity contribution in [1.82, 2.24) is 24.4 Å². The minimum atomic E-state index is -0.308. The van der Waals surface area contributed by atoms with E-state index < -0.39 is 0 Å². The number of aromatic nitrogens is 4. The molecular weight excluding hydrogens is 294 g/mol. The predicted molar refractivity (Wildman–Crippen MR) is 85.3 cm³/mol. The first kappa shape index (κ1) is 15.5. The van der Waals surface area contributed by atoms with Crippen molar-refractivity contribution in [3.8, 4) is 0 Å². The molecule has 0 aromatic carbocycles. The number of carbonyl (C=O) groups excluding carboxylic acids is 1. The Labute approximate surface area is 134 Å². The Morgan fingerprint density at radius 1 is 1.39 bits per heavy atom. The molecule has 3 heterocycles. The third-order valence-electron chi connectivity index (χ3n) is 4.22. The summed E-state index contributed by atoms with van der Waals surface area (Å²) in [6, 6.07) is 0.347. The Kier molecular flexibility index (Phi) is 4.27. The van der Waals surface area contributed by atoms with Gasteiger partial charge in [-0.3, -0.25) is 9.59 Å². The first-order chi connectivity index (χ1) is 11.1. The number of nitrogens with zero attached hydrogens (tertiary/aromatic N) is 4. The summed E-state index contributed by atoms with van der Waals surface area (Å²) in [6.07, 6.45) is 8.28. The predicted octanol–water partition coefficient (Wildman–Crippen LogP) is 1.57. The zero-order chi connectivity index (χ0) is 16.4. The molecule has 3 rings (SSSR count). The number of aromatic amines is 1. The highest BCUT2D eigenvalue weighted by Crippen LogP contribution is 2.28. The molecule has 2 aromatic rings. The molecule has 1 saturated heterocycles. The van der Waals surface area contributed by atoms with Crippen LogP contribution >= 0.6 is 0 Å². The molecule has 1 unspecified atom stereocenters. The van der Waals surface area contributed by atoms with Crippen LogP contribution in [0.15, 0.2) is 29.6 Å². The van der Waals surface area contributed by atoms with Crippen LogP contribution in [-0.2, 0) is 0 Å². The number of H-pyrrole nitrogens is 1. The van der Waals surface area contributed by atoms with Crippen LogP contribution in [0.25, 0.3) is 0 Å². The SMILES string of the molecule is CC(C)n1ccnc1C1CCCN(C(=O)c2c[nH]c(=O)cn2)C1. The Bertz CT molecular complexity index is 728. The molecule has 23 heavy (non-hydrogen) atoms. The second kappa shape index (κ2) is 6.36. The molecular formula is C16H21N5O2. The Balaban J connectivity index is 1.78. The topological polar surface area (TPSA) is 83.9 Å². The van der Waals surface area contributed by atoms with Crippen LogP contribution in [0.4, 0.5) is 0 Å². The molecule has 1 aliphatic rings. The number of amides is 1. The summed E-state index contributed by atoms with van der Waals surface area (Å²) in [5.41, 5.74) is -0.0329. The molecule has 2 aromatic heterocycles. The lowest BCUT2D eigenvalue weighted by Gasteiger charge is -2.32. The molecule has 1 amide bonds. The molecule has 7 heteroatoms. The van der Waals surface area contributed by atoms with E-state index in [9.17, 15) is 9.59 Å². The zero-order valence-corrected chi connectivity index (χ0v) is 13.4. The minimum Gasteiger partial charge on any atom is -0.337 e. The minimum absolute atomic E-state index is 0.145. The largest absolute Gasteiger partial charge is 0.337 e. The molecule has 1 atom stereocenters. The van der Waals surface area contributed by atoms with Crippen LogP contribution in [0.1, 0.15) is 55.0 Å². The van der Waals surface area contributed by atoms with Crippen LogP contribution in [0.5, 0.6) is 0 Å². The molecule has 7 nitrogen and oxygen atoms in total. The van der Waals surface area contributed by atoms with E-state index in [4.69, 9.17) is 0 Å². The van der Waals surface area contributed by atoms with Gasteiger partial charge >= 0.3 is 0 Å².